The second-order valence-corrected chi connectivity index (χ2v) is 4.45. The van der Waals surface area contributed by atoms with Gasteiger partial charge in [0.25, 0.3) is 0 Å². The van der Waals surface area contributed by atoms with Crippen LogP contribution in [0, 0.1) is 6.92 Å². The molecule has 84 valence electrons. The van der Waals surface area contributed by atoms with Gasteiger partial charge in [0.15, 0.2) is 0 Å². The molecule has 0 amide bonds. The highest BCUT2D eigenvalue weighted by Gasteiger charge is 2.29. The number of hydrogen-bond donors (Lipinski definition) is 0. The Kier molecular flexibility index (Phi) is 2.21. The van der Waals surface area contributed by atoms with E-state index < -0.39 is 0 Å². The van der Waals surface area contributed by atoms with Crippen LogP contribution < -0.4 is 0 Å². The van der Waals surface area contributed by atoms with E-state index in [-0.39, 0.29) is 0 Å². The predicted molar refractivity (Wildman–Crippen MR) is 57.3 cm³/mol. The molecule has 2 heterocycles. The minimum atomic E-state index is 0.484. The van der Waals surface area contributed by atoms with Gasteiger partial charge in [0, 0.05) is 5.92 Å². The first-order valence-electron chi connectivity index (χ1n) is 5.24. The first kappa shape index (κ1) is 9.84. The summed E-state index contributed by atoms with van der Waals surface area (Å²) in [5.74, 6) is 1.83. The van der Waals surface area contributed by atoms with Crippen molar-refractivity contribution in [3.63, 3.8) is 0 Å². The Balaban J connectivity index is 1.80. The van der Waals surface area contributed by atoms with Gasteiger partial charge in [-0.05, 0) is 19.8 Å². The summed E-state index contributed by atoms with van der Waals surface area (Å²) in [6, 6.07) is 0. The van der Waals surface area contributed by atoms with E-state index in [0.717, 1.165) is 24.4 Å². The van der Waals surface area contributed by atoms with E-state index in [9.17, 15) is 0 Å². The lowest BCUT2D eigenvalue weighted by atomic mass is 10.4. The summed E-state index contributed by atoms with van der Waals surface area (Å²) in [7, 11) is 0. The molecule has 2 aromatic rings. The highest BCUT2D eigenvalue weighted by Crippen LogP contribution is 2.39. The summed E-state index contributed by atoms with van der Waals surface area (Å²) < 4.78 is 7.31. The number of aromatic nitrogens is 4. The average molecular weight is 239 g/mol. The summed E-state index contributed by atoms with van der Waals surface area (Å²) in [5.41, 5.74) is 0.910. The zero-order valence-corrected chi connectivity index (χ0v) is 9.61. The first-order valence-corrected chi connectivity index (χ1v) is 5.62. The summed E-state index contributed by atoms with van der Waals surface area (Å²) in [5, 5.41) is 12.8. The third kappa shape index (κ3) is 1.71. The lowest BCUT2D eigenvalue weighted by molar-refractivity contribution is 0.428. The maximum Gasteiger partial charge on any atom is 0.237 e. The SMILES string of the molecule is Cc1c(Cl)cnn1Cc1nnc(C2CC2)o1. The zero-order valence-electron chi connectivity index (χ0n) is 8.85. The van der Waals surface area contributed by atoms with Gasteiger partial charge in [-0.2, -0.15) is 5.10 Å². The number of hydrogen-bond acceptors (Lipinski definition) is 4. The Hall–Kier alpha value is -1.36. The number of halogens is 1. The molecule has 6 heteroatoms. The second kappa shape index (κ2) is 3.59. The Labute approximate surface area is 97.4 Å². The summed E-state index contributed by atoms with van der Waals surface area (Å²) >= 11 is 5.91. The second-order valence-electron chi connectivity index (χ2n) is 4.04. The van der Waals surface area contributed by atoms with Crippen molar-refractivity contribution in [2.45, 2.75) is 32.2 Å². The van der Waals surface area contributed by atoms with E-state index in [1.807, 2.05) is 6.92 Å². The van der Waals surface area contributed by atoms with Gasteiger partial charge in [0.2, 0.25) is 11.8 Å². The van der Waals surface area contributed by atoms with Gasteiger partial charge in [0.05, 0.1) is 16.9 Å². The molecular weight excluding hydrogens is 228 g/mol. The molecule has 0 saturated heterocycles. The van der Waals surface area contributed by atoms with Crippen molar-refractivity contribution in [1.82, 2.24) is 20.0 Å². The van der Waals surface area contributed by atoms with Gasteiger partial charge in [-0.3, -0.25) is 4.68 Å². The van der Waals surface area contributed by atoms with Gasteiger partial charge in [0.1, 0.15) is 6.54 Å². The van der Waals surface area contributed by atoms with Crippen LogP contribution in [-0.4, -0.2) is 20.0 Å². The molecule has 16 heavy (non-hydrogen) atoms. The third-order valence-corrected chi connectivity index (χ3v) is 3.11. The Morgan fingerprint density at radius 1 is 1.50 bits per heavy atom. The summed E-state index contributed by atoms with van der Waals surface area (Å²) in [6.07, 6.45) is 3.94. The van der Waals surface area contributed by atoms with Crippen LogP contribution in [0.15, 0.2) is 10.6 Å². The first-order chi connectivity index (χ1) is 7.74. The van der Waals surface area contributed by atoms with Crippen LogP contribution in [0.1, 0.15) is 36.2 Å². The van der Waals surface area contributed by atoms with Crippen molar-refractivity contribution in [2.75, 3.05) is 0 Å². The van der Waals surface area contributed by atoms with Crippen LogP contribution in [-0.2, 0) is 6.54 Å². The monoisotopic (exact) mass is 238 g/mol. The maximum absolute atomic E-state index is 5.91. The minimum Gasteiger partial charge on any atom is -0.423 e. The molecule has 0 aromatic carbocycles. The number of nitrogens with zero attached hydrogens (tertiary/aromatic N) is 4. The molecule has 1 saturated carbocycles. The molecule has 0 bridgehead atoms. The fourth-order valence-corrected chi connectivity index (χ4v) is 1.68. The van der Waals surface area contributed by atoms with Crippen molar-refractivity contribution < 1.29 is 4.42 Å². The molecule has 0 unspecified atom stereocenters. The van der Waals surface area contributed by atoms with Gasteiger partial charge in [-0.15, -0.1) is 10.2 Å². The molecule has 0 N–H and O–H groups in total. The van der Waals surface area contributed by atoms with Gasteiger partial charge in [-0.1, -0.05) is 11.6 Å². The molecular formula is C10H11ClN4O. The quantitative estimate of drug-likeness (QED) is 0.822. The van der Waals surface area contributed by atoms with Gasteiger partial charge < -0.3 is 4.42 Å². The van der Waals surface area contributed by atoms with Crippen LogP contribution in [0.25, 0.3) is 0 Å². The van der Waals surface area contributed by atoms with E-state index >= 15 is 0 Å². The van der Waals surface area contributed by atoms with Crippen LogP contribution in [0.3, 0.4) is 0 Å². The van der Waals surface area contributed by atoms with E-state index in [0.29, 0.717) is 23.4 Å². The fourth-order valence-electron chi connectivity index (χ4n) is 1.54. The van der Waals surface area contributed by atoms with Crippen molar-refractivity contribution in [2.24, 2.45) is 0 Å². The van der Waals surface area contributed by atoms with Crippen molar-refractivity contribution in [3.05, 3.63) is 28.7 Å². The predicted octanol–water partition coefficient (Wildman–Crippen LogP) is 2.15. The Bertz CT molecular complexity index is 515. The zero-order chi connectivity index (χ0) is 11.1. The van der Waals surface area contributed by atoms with Crippen molar-refractivity contribution >= 4 is 11.6 Å². The minimum absolute atomic E-state index is 0.484. The van der Waals surface area contributed by atoms with Crippen LogP contribution in [0.5, 0.6) is 0 Å². The van der Waals surface area contributed by atoms with Crippen LogP contribution in [0.2, 0.25) is 5.02 Å². The van der Waals surface area contributed by atoms with Crippen molar-refractivity contribution in [3.8, 4) is 0 Å². The lowest BCUT2D eigenvalue weighted by Crippen LogP contribution is -2.03. The lowest BCUT2D eigenvalue weighted by Gasteiger charge is -1.99. The maximum atomic E-state index is 5.91. The van der Waals surface area contributed by atoms with Crippen molar-refractivity contribution in [1.29, 1.82) is 0 Å². The highest BCUT2D eigenvalue weighted by atomic mass is 35.5. The van der Waals surface area contributed by atoms with Crippen LogP contribution >= 0.6 is 11.6 Å². The molecule has 1 fully saturated rings. The smallest absolute Gasteiger partial charge is 0.237 e. The molecule has 0 atom stereocenters. The van der Waals surface area contributed by atoms with E-state index in [1.165, 1.54) is 0 Å². The Morgan fingerprint density at radius 2 is 2.31 bits per heavy atom. The summed E-state index contributed by atoms with van der Waals surface area (Å²) in [6.45, 7) is 2.39. The van der Waals surface area contributed by atoms with Gasteiger partial charge in [-0.25, -0.2) is 0 Å². The molecule has 3 rings (SSSR count). The topological polar surface area (TPSA) is 56.7 Å². The van der Waals surface area contributed by atoms with E-state index in [4.69, 9.17) is 16.0 Å². The number of rotatable bonds is 3. The molecule has 0 spiro atoms. The molecule has 0 radical (unpaired) electrons. The Morgan fingerprint density at radius 3 is 2.94 bits per heavy atom. The molecule has 1 aliphatic carbocycles. The molecule has 1 aliphatic rings. The van der Waals surface area contributed by atoms with Crippen LogP contribution in [0.4, 0.5) is 0 Å². The normalized spacial score (nSPS) is 15.6. The van der Waals surface area contributed by atoms with E-state index in [1.54, 1.807) is 10.9 Å². The molecule has 2 aromatic heterocycles. The van der Waals surface area contributed by atoms with Gasteiger partial charge >= 0.3 is 0 Å². The summed E-state index contributed by atoms with van der Waals surface area (Å²) in [4.78, 5) is 0. The fraction of sp³-hybridized carbons (Fsp3) is 0.500. The van der Waals surface area contributed by atoms with E-state index in [2.05, 4.69) is 15.3 Å². The molecule has 0 aliphatic heterocycles. The molecule has 5 nitrogen and oxygen atoms in total. The largest absolute Gasteiger partial charge is 0.423 e. The highest BCUT2D eigenvalue weighted by molar-refractivity contribution is 6.31. The third-order valence-electron chi connectivity index (χ3n) is 2.74. The standard InChI is InChI=1S/C10H11ClN4O/c1-6-8(11)4-12-15(6)5-9-13-14-10(16-9)7-2-3-7/h4,7H,2-3,5H2,1H3. The average Bonchev–Trinajstić information content (AvgIpc) is 2.96.